The number of rotatable bonds is 4. The lowest BCUT2D eigenvalue weighted by Crippen LogP contribution is -2.04. The molecule has 6 heteroatoms. The summed E-state index contributed by atoms with van der Waals surface area (Å²) in [6.07, 6.45) is 0. The predicted octanol–water partition coefficient (Wildman–Crippen LogP) is 13.4. The van der Waals surface area contributed by atoms with Gasteiger partial charge in [-0.05, 0) is 70.1 Å². The molecule has 0 fully saturated rings. The van der Waals surface area contributed by atoms with E-state index < -0.39 is 0 Å². The Labute approximate surface area is 343 Å². The van der Waals surface area contributed by atoms with Crippen molar-refractivity contribution in [2.75, 3.05) is 0 Å². The molecule has 0 aliphatic carbocycles. The summed E-state index contributed by atoms with van der Waals surface area (Å²) in [5.41, 5.74) is 11.4. The van der Waals surface area contributed by atoms with Crippen LogP contribution in [0.25, 0.3) is 121 Å². The van der Waals surface area contributed by atoms with Crippen molar-refractivity contribution in [1.82, 2.24) is 29.1 Å². The molecule has 0 unspecified atom stereocenters. The average molecular weight is 765 g/mol. The van der Waals surface area contributed by atoms with Gasteiger partial charge in [-0.1, -0.05) is 146 Å². The topological polar surface area (TPSA) is 61.4 Å². The Morgan fingerprint density at radius 3 is 1.07 bits per heavy atom. The van der Waals surface area contributed by atoms with E-state index in [1.165, 1.54) is 0 Å². The van der Waals surface area contributed by atoms with Crippen LogP contribution in [-0.4, -0.2) is 29.1 Å². The van der Waals surface area contributed by atoms with Crippen LogP contribution >= 0.6 is 0 Å². The molecule has 0 aliphatic heterocycles. The number of fused-ring (bicyclic) bond motifs is 11. The summed E-state index contributed by atoms with van der Waals surface area (Å²) in [5, 5.41) is 9.16. The van der Waals surface area contributed by atoms with Crippen LogP contribution in [0.2, 0.25) is 0 Å². The van der Waals surface area contributed by atoms with Gasteiger partial charge in [0.1, 0.15) is 11.4 Å². The van der Waals surface area contributed by atoms with E-state index in [0.717, 1.165) is 121 Å². The molecule has 278 valence electrons. The second kappa shape index (κ2) is 12.6. The number of aromatic nitrogens is 6. The van der Waals surface area contributed by atoms with Gasteiger partial charge in [0, 0.05) is 32.7 Å². The molecule has 0 saturated carbocycles. The van der Waals surface area contributed by atoms with Crippen molar-refractivity contribution in [2.24, 2.45) is 0 Å². The standard InChI is InChI=1S/C54H32N6/c1-3-19-35-33(15-1)17-13-23-37(35)51-53(57-43-27-9-7-25-41(43)55-51)59-45-29-11-5-21-39(45)49-47(59)31-32-48-50(49)40-22-6-12-30-46(40)60(48)54-52(56-42-26-8-10-28-44(42)58-54)38-24-14-18-34-16-2-4-20-36(34)38/h1-32H. The highest BCUT2D eigenvalue weighted by atomic mass is 15.1. The number of para-hydroxylation sites is 6. The molecule has 0 atom stereocenters. The first-order chi connectivity index (χ1) is 29.8. The van der Waals surface area contributed by atoms with Crippen molar-refractivity contribution in [3.63, 3.8) is 0 Å². The molecule has 0 N–H and O–H groups in total. The molecular formula is C54H32N6. The van der Waals surface area contributed by atoms with Crippen molar-refractivity contribution in [1.29, 1.82) is 0 Å². The third-order valence-corrected chi connectivity index (χ3v) is 12.1. The molecule has 60 heavy (non-hydrogen) atoms. The Bertz CT molecular complexity index is 3650. The lowest BCUT2D eigenvalue weighted by molar-refractivity contribution is 1.08. The largest absolute Gasteiger partial charge is 0.292 e. The van der Waals surface area contributed by atoms with Gasteiger partial charge in [-0.25, -0.2) is 19.9 Å². The van der Waals surface area contributed by atoms with Crippen molar-refractivity contribution >= 4 is 87.2 Å². The maximum atomic E-state index is 5.47. The fourth-order valence-electron chi connectivity index (χ4n) is 9.49. The Hall–Kier alpha value is -8.22. The van der Waals surface area contributed by atoms with Gasteiger partial charge in [-0.2, -0.15) is 0 Å². The molecule has 0 spiro atoms. The molecule has 0 amide bonds. The maximum Gasteiger partial charge on any atom is 0.165 e. The zero-order chi connectivity index (χ0) is 39.3. The molecule has 9 aromatic carbocycles. The van der Waals surface area contributed by atoms with Gasteiger partial charge >= 0.3 is 0 Å². The van der Waals surface area contributed by atoms with Crippen LogP contribution < -0.4 is 0 Å². The van der Waals surface area contributed by atoms with Gasteiger partial charge in [-0.15, -0.1) is 0 Å². The lowest BCUT2D eigenvalue weighted by Gasteiger charge is -2.16. The Balaban J connectivity index is 1.17. The first-order valence-corrected chi connectivity index (χ1v) is 20.2. The number of nitrogens with zero attached hydrogens (tertiary/aromatic N) is 6. The highest BCUT2D eigenvalue weighted by Gasteiger charge is 2.26. The first-order valence-electron chi connectivity index (χ1n) is 20.2. The van der Waals surface area contributed by atoms with E-state index in [1.807, 2.05) is 36.4 Å². The van der Waals surface area contributed by atoms with Crippen LogP contribution in [0.5, 0.6) is 0 Å². The Morgan fingerprint density at radius 1 is 0.267 bits per heavy atom. The molecule has 4 heterocycles. The van der Waals surface area contributed by atoms with Gasteiger partial charge in [0.2, 0.25) is 0 Å². The van der Waals surface area contributed by atoms with Crippen LogP contribution in [0.15, 0.2) is 194 Å². The van der Waals surface area contributed by atoms with Gasteiger partial charge < -0.3 is 0 Å². The van der Waals surface area contributed by atoms with E-state index in [4.69, 9.17) is 19.9 Å². The maximum absolute atomic E-state index is 5.47. The molecule has 0 saturated heterocycles. The van der Waals surface area contributed by atoms with Crippen LogP contribution in [-0.2, 0) is 0 Å². The first kappa shape index (κ1) is 32.8. The Morgan fingerprint density at radius 2 is 0.617 bits per heavy atom. The van der Waals surface area contributed by atoms with E-state index >= 15 is 0 Å². The zero-order valence-electron chi connectivity index (χ0n) is 32.2. The smallest absolute Gasteiger partial charge is 0.165 e. The van der Waals surface area contributed by atoms with Crippen molar-refractivity contribution < 1.29 is 0 Å². The quantitative estimate of drug-likeness (QED) is 0.179. The van der Waals surface area contributed by atoms with E-state index in [-0.39, 0.29) is 0 Å². The SMILES string of the molecule is c1ccc2c(-c3nc4ccccc4nc3-n3c4ccccc4c4c5c6ccccc6n(-c6nc7ccccc7nc6-c6cccc7ccccc67)c5ccc43)cccc2c1. The molecule has 0 aliphatic rings. The van der Waals surface area contributed by atoms with Gasteiger partial charge in [0.15, 0.2) is 11.6 Å². The minimum atomic E-state index is 0.790. The van der Waals surface area contributed by atoms with Gasteiger partial charge in [-0.3, -0.25) is 9.13 Å². The summed E-state index contributed by atoms with van der Waals surface area (Å²) < 4.78 is 4.65. The number of hydrogen-bond donors (Lipinski definition) is 0. The molecule has 0 bridgehead atoms. The summed E-state index contributed by atoms with van der Waals surface area (Å²) in [6, 6.07) is 68.1. The third-order valence-electron chi connectivity index (χ3n) is 12.1. The van der Waals surface area contributed by atoms with E-state index in [9.17, 15) is 0 Å². The summed E-state index contributed by atoms with van der Waals surface area (Å²) in [5.74, 6) is 1.58. The molecule has 6 nitrogen and oxygen atoms in total. The van der Waals surface area contributed by atoms with Gasteiger partial charge in [0.25, 0.3) is 0 Å². The monoisotopic (exact) mass is 764 g/mol. The minimum Gasteiger partial charge on any atom is -0.292 e. The zero-order valence-corrected chi connectivity index (χ0v) is 32.2. The van der Waals surface area contributed by atoms with E-state index in [1.54, 1.807) is 0 Å². The number of benzene rings is 9. The van der Waals surface area contributed by atoms with Crippen molar-refractivity contribution in [2.45, 2.75) is 0 Å². The van der Waals surface area contributed by atoms with Crippen LogP contribution in [0, 0.1) is 0 Å². The molecule has 0 radical (unpaired) electrons. The highest BCUT2D eigenvalue weighted by molar-refractivity contribution is 6.29. The summed E-state index contributed by atoms with van der Waals surface area (Å²) in [4.78, 5) is 21.8. The average Bonchev–Trinajstić information content (AvgIpc) is 3.83. The van der Waals surface area contributed by atoms with Crippen molar-refractivity contribution in [3.05, 3.63) is 194 Å². The molecule has 4 aromatic heterocycles. The van der Waals surface area contributed by atoms with Crippen molar-refractivity contribution in [3.8, 4) is 34.2 Å². The molecular weight excluding hydrogens is 733 g/mol. The van der Waals surface area contributed by atoms with Crippen LogP contribution in [0.4, 0.5) is 0 Å². The minimum absolute atomic E-state index is 0.790. The lowest BCUT2D eigenvalue weighted by atomic mass is 10.0. The fraction of sp³-hybridized carbons (Fsp3) is 0. The highest BCUT2D eigenvalue weighted by Crippen LogP contribution is 2.45. The molecule has 13 rings (SSSR count). The predicted molar refractivity (Wildman–Crippen MR) is 247 cm³/mol. The fourth-order valence-corrected chi connectivity index (χ4v) is 9.49. The summed E-state index contributed by atoms with van der Waals surface area (Å²) >= 11 is 0. The van der Waals surface area contributed by atoms with Gasteiger partial charge in [0.05, 0.1) is 44.1 Å². The van der Waals surface area contributed by atoms with Crippen LogP contribution in [0.3, 0.4) is 0 Å². The summed E-state index contributed by atoms with van der Waals surface area (Å²) in [7, 11) is 0. The third kappa shape index (κ3) is 4.70. The van der Waals surface area contributed by atoms with E-state index in [0.29, 0.717) is 0 Å². The van der Waals surface area contributed by atoms with Crippen LogP contribution in [0.1, 0.15) is 0 Å². The van der Waals surface area contributed by atoms with E-state index in [2.05, 4.69) is 167 Å². The summed E-state index contributed by atoms with van der Waals surface area (Å²) in [6.45, 7) is 0. The normalized spacial score (nSPS) is 12.0. The second-order valence-electron chi connectivity index (χ2n) is 15.4. The number of hydrogen-bond acceptors (Lipinski definition) is 4. The Kier molecular flexibility index (Phi) is 6.91. The molecule has 13 aromatic rings. The second-order valence-corrected chi connectivity index (χ2v) is 15.4.